The summed E-state index contributed by atoms with van der Waals surface area (Å²) in [5.41, 5.74) is 5.93. The first kappa shape index (κ1) is 17.7. The molecular weight excluding hydrogens is 288 g/mol. The van der Waals surface area contributed by atoms with Gasteiger partial charge in [-0.1, -0.05) is 19.0 Å². The van der Waals surface area contributed by atoms with Crippen LogP contribution in [0.3, 0.4) is 0 Å². The Balaban J connectivity index is 2.18. The van der Waals surface area contributed by atoms with Crippen LogP contribution in [0.1, 0.15) is 80.7 Å². The van der Waals surface area contributed by atoms with Crippen molar-refractivity contribution in [2.24, 2.45) is 0 Å². The lowest BCUT2D eigenvalue weighted by atomic mass is 10.0. The van der Waals surface area contributed by atoms with E-state index in [0.29, 0.717) is 6.04 Å². The van der Waals surface area contributed by atoms with Crippen LogP contribution in [0.4, 0.5) is 0 Å². The maximum absolute atomic E-state index is 5.45. The average Bonchev–Trinajstić information content (AvgIpc) is 3.04. The Hall–Kier alpha value is -1.62. The molecule has 0 aliphatic carbocycles. The van der Waals surface area contributed by atoms with Crippen LogP contribution >= 0.6 is 0 Å². The third-order valence-corrected chi connectivity index (χ3v) is 4.50. The van der Waals surface area contributed by atoms with E-state index in [2.05, 4.69) is 68.7 Å². The van der Waals surface area contributed by atoms with Gasteiger partial charge in [0.2, 0.25) is 0 Å². The fourth-order valence-electron chi connectivity index (χ4n) is 3.30. The fraction of sp³-hybridized carbons (Fsp3) is 0.667. The Bertz CT molecular complexity index is 633. The van der Waals surface area contributed by atoms with E-state index < -0.39 is 0 Å². The standard InChI is InChI=1S/C18H30N4O/c1-8-16-15(17(9-2)23-21-16)10-19-12(5)18-13(6)20-22(11(3)4)14(18)7/h11-12,19H,8-10H2,1-7H3. The molecule has 0 bridgehead atoms. The summed E-state index contributed by atoms with van der Waals surface area (Å²) in [6.45, 7) is 15.8. The number of aromatic nitrogens is 3. The molecule has 0 saturated carbocycles. The summed E-state index contributed by atoms with van der Waals surface area (Å²) in [6.07, 6.45) is 1.78. The first-order chi connectivity index (χ1) is 10.9. The summed E-state index contributed by atoms with van der Waals surface area (Å²) < 4.78 is 7.56. The summed E-state index contributed by atoms with van der Waals surface area (Å²) in [7, 11) is 0. The molecule has 0 fully saturated rings. The lowest BCUT2D eigenvalue weighted by molar-refractivity contribution is 0.379. The van der Waals surface area contributed by atoms with Crippen LogP contribution in [0.15, 0.2) is 4.52 Å². The second kappa shape index (κ2) is 7.30. The maximum atomic E-state index is 5.45. The van der Waals surface area contributed by atoms with Crippen molar-refractivity contribution < 1.29 is 4.52 Å². The lowest BCUT2D eigenvalue weighted by Gasteiger charge is -2.16. The molecule has 0 radical (unpaired) electrons. The van der Waals surface area contributed by atoms with Crippen molar-refractivity contribution in [3.8, 4) is 0 Å². The van der Waals surface area contributed by atoms with Crippen molar-refractivity contribution in [2.75, 3.05) is 0 Å². The molecule has 1 unspecified atom stereocenters. The molecule has 5 nitrogen and oxygen atoms in total. The van der Waals surface area contributed by atoms with Gasteiger partial charge in [-0.05, 0) is 41.0 Å². The largest absolute Gasteiger partial charge is 0.361 e. The van der Waals surface area contributed by atoms with E-state index in [-0.39, 0.29) is 6.04 Å². The van der Waals surface area contributed by atoms with E-state index in [1.807, 2.05) is 0 Å². The molecule has 0 spiro atoms. The van der Waals surface area contributed by atoms with Gasteiger partial charge in [0.15, 0.2) is 0 Å². The van der Waals surface area contributed by atoms with E-state index in [0.717, 1.165) is 36.5 Å². The van der Waals surface area contributed by atoms with Crippen LogP contribution in [-0.2, 0) is 19.4 Å². The summed E-state index contributed by atoms with van der Waals surface area (Å²) in [4.78, 5) is 0. The van der Waals surface area contributed by atoms with E-state index in [9.17, 15) is 0 Å². The van der Waals surface area contributed by atoms with Gasteiger partial charge >= 0.3 is 0 Å². The lowest BCUT2D eigenvalue weighted by Crippen LogP contribution is -2.20. The highest BCUT2D eigenvalue weighted by atomic mass is 16.5. The topological polar surface area (TPSA) is 55.9 Å². The minimum absolute atomic E-state index is 0.242. The van der Waals surface area contributed by atoms with Crippen LogP contribution in [0.25, 0.3) is 0 Å². The van der Waals surface area contributed by atoms with Gasteiger partial charge in [-0.25, -0.2) is 0 Å². The van der Waals surface area contributed by atoms with Gasteiger partial charge < -0.3 is 9.84 Å². The van der Waals surface area contributed by atoms with Crippen LogP contribution in [-0.4, -0.2) is 14.9 Å². The van der Waals surface area contributed by atoms with Gasteiger partial charge in [-0.3, -0.25) is 4.68 Å². The second-order valence-corrected chi connectivity index (χ2v) is 6.46. The van der Waals surface area contributed by atoms with Crippen LogP contribution in [0.5, 0.6) is 0 Å². The predicted molar refractivity (Wildman–Crippen MR) is 92.6 cm³/mol. The van der Waals surface area contributed by atoms with Gasteiger partial charge in [-0.2, -0.15) is 5.10 Å². The maximum Gasteiger partial charge on any atom is 0.141 e. The Morgan fingerprint density at radius 1 is 1.13 bits per heavy atom. The van der Waals surface area contributed by atoms with E-state index in [1.165, 1.54) is 16.8 Å². The Labute approximate surface area is 139 Å². The first-order valence-electron chi connectivity index (χ1n) is 8.65. The Morgan fingerprint density at radius 2 is 1.83 bits per heavy atom. The fourth-order valence-corrected chi connectivity index (χ4v) is 3.30. The van der Waals surface area contributed by atoms with Crippen molar-refractivity contribution in [3.63, 3.8) is 0 Å². The van der Waals surface area contributed by atoms with E-state index in [1.54, 1.807) is 0 Å². The number of nitrogens with one attached hydrogen (secondary N) is 1. The van der Waals surface area contributed by atoms with Gasteiger partial charge in [-0.15, -0.1) is 0 Å². The zero-order valence-corrected chi connectivity index (χ0v) is 15.5. The molecular formula is C18H30N4O. The van der Waals surface area contributed by atoms with E-state index >= 15 is 0 Å². The number of nitrogens with zero attached hydrogens (tertiary/aromatic N) is 3. The predicted octanol–water partition coefficient (Wildman–Crippen LogP) is 4.04. The number of rotatable bonds is 7. The molecule has 2 heterocycles. The molecule has 0 aliphatic heterocycles. The molecule has 0 amide bonds. The third kappa shape index (κ3) is 3.50. The first-order valence-corrected chi connectivity index (χ1v) is 8.65. The highest BCUT2D eigenvalue weighted by Crippen LogP contribution is 2.25. The number of hydrogen-bond donors (Lipinski definition) is 1. The minimum Gasteiger partial charge on any atom is -0.361 e. The highest BCUT2D eigenvalue weighted by Gasteiger charge is 2.20. The normalized spacial score (nSPS) is 13.0. The molecule has 2 rings (SSSR count). The van der Waals surface area contributed by atoms with Crippen LogP contribution < -0.4 is 5.32 Å². The van der Waals surface area contributed by atoms with Crippen LogP contribution in [0.2, 0.25) is 0 Å². The zero-order valence-electron chi connectivity index (χ0n) is 15.5. The summed E-state index contributed by atoms with van der Waals surface area (Å²) >= 11 is 0. The molecule has 0 saturated heterocycles. The summed E-state index contributed by atoms with van der Waals surface area (Å²) in [6, 6.07) is 0.623. The molecule has 128 valence electrons. The highest BCUT2D eigenvalue weighted by molar-refractivity contribution is 5.29. The van der Waals surface area contributed by atoms with Gasteiger partial charge in [0.25, 0.3) is 0 Å². The summed E-state index contributed by atoms with van der Waals surface area (Å²) in [5, 5.41) is 12.5. The van der Waals surface area contributed by atoms with Crippen molar-refractivity contribution in [1.82, 2.24) is 20.3 Å². The molecule has 2 aromatic heterocycles. The average molecular weight is 318 g/mol. The van der Waals surface area contributed by atoms with Crippen LogP contribution in [0, 0.1) is 13.8 Å². The molecule has 1 N–H and O–H groups in total. The van der Waals surface area contributed by atoms with Gasteiger partial charge in [0, 0.05) is 41.9 Å². The molecule has 23 heavy (non-hydrogen) atoms. The Kier molecular flexibility index (Phi) is 5.63. The molecule has 5 heteroatoms. The molecule has 0 aliphatic rings. The van der Waals surface area contributed by atoms with Crippen molar-refractivity contribution in [2.45, 2.75) is 79.9 Å². The van der Waals surface area contributed by atoms with Crippen molar-refractivity contribution in [1.29, 1.82) is 0 Å². The Morgan fingerprint density at radius 3 is 2.35 bits per heavy atom. The van der Waals surface area contributed by atoms with E-state index in [4.69, 9.17) is 4.52 Å². The SMILES string of the molecule is CCc1noc(CC)c1CNC(C)c1c(C)nn(C(C)C)c1C. The second-order valence-electron chi connectivity index (χ2n) is 6.46. The molecule has 1 atom stereocenters. The van der Waals surface area contributed by atoms with Crippen molar-refractivity contribution in [3.05, 3.63) is 34.0 Å². The smallest absolute Gasteiger partial charge is 0.141 e. The summed E-state index contributed by atoms with van der Waals surface area (Å²) in [5.74, 6) is 0.993. The minimum atomic E-state index is 0.242. The van der Waals surface area contributed by atoms with Gasteiger partial charge in [0.1, 0.15) is 5.76 Å². The zero-order chi connectivity index (χ0) is 17.1. The third-order valence-electron chi connectivity index (χ3n) is 4.50. The van der Waals surface area contributed by atoms with Crippen molar-refractivity contribution >= 4 is 0 Å². The number of aryl methyl sites for hydroxylation is 3. The molecule has 0 aromatic carbocycles. The quantitative estimate of drug-likeness (QED) is 0.837. The van der Waals surface area contributed by atoms with Gasteiger partial charge in [0.05, 0.1) is 11.4 Å². The molecule has 2 aromatic rings. The monoisotopic (exact) mass is 318 g/mol. The number of hydrogen-bond acceptors (Lipinski definition) is 4.